The van der Waals surface area contributed by atoms with Crippen LogP contribution in [0.25, 0.3) is 0 Å². The highest BCUT2D eigenvalue weighted by molar-refractivity contribution is 5.96. The van der Waals surface area contributed by atoms with Gasteiger partial charge in [0.05, 0.1) is 25.2 Å². The van der Waals surface area contributed by atoms with Crippen LogP contribution in [0.5, 0.6) is 5.75 Å². The summed E-state index contributed by atoms with van der Waals surface area (Å²) in [5.74, 6) is -1.91. The topological polar surface area (TPSA) is 210 Å². The number of hydrogen-bond acceptors (Lipinski definition) is 11. The average molecular weight is 520 g/mol. The second-order valence-electron chi connectivity index (χ2n) is 8.13. The zero-order chi connectivity index (χ0) is 26.9. The Hall–Kier alpha value is -3.85. The minimum atomic E-state index is -1.46. The minimum Gasteiger partial charge on any atom is -0.507 e. The molecule has 1 aliphatic heterocycles. The maximum Gasteiger partial charge on any atom is 0.351 e. The van der Waals surface area contributed by atoms with Crippen molar-refractivity contribution in [2.75, 3.05) is 25.1 Å². The fraction of sp³-hybridized carbons (Fsp3) is 0.435. The molecule has 200 valence electrons. The van der Waals surface area contributed by atoms with Crippen LogP contribution in [0.4, 0.5) is 5.82 Å². The molecule has 0 spiro atoms. The number of hydrogen-bond donors (Lipinski definition) is 6. The van der Waals surface area contributed by atoms with Crippen LogP contribution in [0.15, 0.2) is 41.3 Å². The van der Waals surface area contributed by atoms with E-state index in [9.17, 15) is 34.5 Å². The van der Waals surface area contributed by atoms with Crippen LogP contribution in [0, 0.1) is 0 Å². The van der Waals surface area contributed by atoms with E-state index < -0.39 is 54.6 Å². The van der Waals surface area contributed by atoms with Crippen molar-refractivity contribution in [2.24, 2.45) is 0 Å². The molecule has 2 amide bonds. The van der Waals surface area contributed by atoms with Crippen LogP contribution in [0.1, 0.15) is 35.8 Å². The molecular weight excluding hydrogens is 492 g/mol. The van der Waals surface area contributed by atoms with E-state index in [0.717, 1.165) is 4.57 Å². The number of phenolic OH excluding ortho intramolecular Hbond substituents is 1. The number of esters is 1. The van der Waals surface area contributed by atoms with Crippen molar-refractivity contribution >= 4 is 23.6 Å². The molecule has 1 aromatic carbocycles. The SMILES string of the molecule is O=C(CCC(=O)OCCCNC(=O)c1ccccc1O)Nc1ccn(C2OC(CO)C(O)C2O)c(=O)n1. The second-order valence-corrected chi connectivity index (χ2v) is 8.13. The predicted molar refractivity (Wildman–Crippen MR) is 125 cm³/mol. The highest BCUT2D eigenvalue weighted by Crippen LogP contribution is 2.28. The van der Waals surface area contributed by atoms with Crippen LogP contribution in [-0.2, 0) is 19.1 Å². The van der Waals surface area contributed by atoms with Gasteiger partial charge in [-0.25, -0.2) is 4.79 Å². The third kappa shape index (κ3) is 7.33. The van der Waals surface area contributed by atoms with Gasteiger partial charge in [0.15, 0.2) is 6.23 Å². The predicted octanol–water partition coefficient (Wildman–Crippen LogP) is -1.36. The van der Waals surface area contributed by atoms with Crippen molar-refractivity contribution in [3.63, 3.8) is 0 Å². The normalized spacial score (nSPS) is 20.8. The van der Waals surface area contributed by atoms with E-state index in [1.165, 1.54) is 24.4 Å². The van der Waals surface area contributed by atoms with Gasteiger partial charge in [-0.1, -0.05) is 12.1 Å². The number of aliphatic hydroxyl groups is 3. The summed E-state index contributed by atoms with van der Waals surface area (Å²) in [6, 6.07) is 7.36. The minimum absolute atomic E-state index is 0.0161. The molecule has 2 aromatic rings. The number of anilines is 1. The molecule has 4 unspecified atom stereocenters. The summed E-state index contributed by atoms with van der Waals surface area (Å²) in [5.41, 5.74) is -0.738. The Bertz CT molecular complexity index is 1170. The first-order chi connectivity index (χ1) is 17.7. The second kappa shape index (κ2) is 12.9. The van der Waals surface area contributed by atoms with Gasteiger partial charge in [-0.05, 0) is 24.6 Å². The van der Waals surface area contributed by atoms with Crippen molar-refractivity contribution < 1.29 is 44.3 Å². The molecule has 0 radical (unpaired) electrons. The number of ether oxygens (including phenoxy) is 2. The lowest BCUT2D eigenvalue weighted by molar-refractivity contribution is -0.144. The number of rotatable bonds is 11. The zero-order valence-corrected chi connectivity index (χ0v) is 19.6. The highest BCUT2D eigenvalue weighted by Gasteiger charge is 2.43. The van der Waals surface area contributed by atoms with Crippen LogP contribution >= 0.6 is 0 Å². The van der Waals surface area contributed by atoms with E-state index in [0.29, 0.717) is 6.42 Å². The van der Waals surface area contributed by atoms with Crippen molar-refractivity contribution in [1.29, 1.82) is 0 Å². The van der Waals surface area contributed by atoms with Gasteiger partial charge < -0.3 is 40.5 Å². The monoisotopic (exact) mass is 520 g/mol. The summed E-state index contributed by atoms with van der Waals surface area (Å²) in [7, 11) is 0. The maximum absolute atomic E-state index is 12.3. The van der Waals surface area contributed by atoms with Gasteiger partial charge in [0.1, 0.15) is 29.9 Å². The molecule has 1 aliphatic rings. The summed E-state index contributed by atoms with van der Waals surface area (Å²) in [5, 5.41) is 43.6. The standard InChI is InChI=1S/C23H28N4O10/c28-12-15-19(32)20(33)22(37-15)27-10-8-16(26-23(27)35)25-17(30)6-7-18(31)36-11-3-9-24-21(34)13-4-1-2-5-14(13)29/h1-2,4-5,8,10,15,19-20,22,28-29,32-33H,3,6-7,9,11-12H2,(H,24,34)(H,25,26,30,35). The molecule has 0 bridgehead atoms. The Labute approximate surface area is 210 Å². The van der Waals surface area contributed by atoms with Gasteiger partial charge in [-0.15, -0.1) is 0 Å². The van der Waals surface area contributed by atoms with E-state index in [1.54, 1.807) is 12.1 Å². The largest absolute Gasteiger partial charge is 0.507 e. The fourth-order valence-corrected chi connectivity index (χ4v) is 3.50. The highest BCUT2D eigenvalue weighted by atomic mass is 16.6. The van der Waals surface area contributed by atoms with Gasteiger partial charge >= 0.3 is 11.7 Å². The fourth-order valence-electron chi connectivity index (χ4n) is 3.50. The Morgan fingerprint density at radius 1 is 1.11 bits per heavy atom. The van der Waals surface area contributed by atoms with Crippen LogP contribution < -0.4 is 16.3 Å². The summed E-state index contributed by atoms with van der Waals surface area (Å²) in [6.45, 7) is -0.327. The Morgan fingerprint density at radius 2 is 1.86 bits per heavy atom. The lowest BCUT2D eigenvalue weighted by Crippen LogP contribution is -2.36. The molecule has 6 N–H and O–H groups in total. The molecule has 14 heteroatoms. The number of aromatic nitrogens is 2. The number of carbonyl (C=O) groups excluding carboxylic acids is 3. The number of aromatic hydroxyl groups is 1. The number of amides is 2. The number of nitrogens with one attached hydrogen (secondary N) is 2. The van der Waals surface area contributed by atoms with Crippen molar-refractivity contribution in [2.45, 2.75) is 43.8 Å². The molecule has 14 nitrogen and oxygen atoms in total. The lowest BCUT2D eigenvalue weighted by Gasteiger charge is -2.17. The molecule has 1 saturated heterocycles. The summed E-state index contributed by atoms with van der Waals surface area (Å²) in [6.07, 6.45) is -4.10. The first kappa shape index (κ1) is 27.7. The number of aliphatic hydroxyl groups excluding tert-OH is 3. The summed E-state index contributed by atoms with van der Waals surface area (Å²) >= 11 is 0. The smallest absolute Gasteiger partial charge is 0.351 e. The van der Waals surface area contributed by atoms with Crippen LogP contribution in [-0.4, -0.2) is 85.8 Å². The third-order valence-corrected chi connectivity index (χ3v) is 5.46. The first-order valence-corrected chi connectivity index (χ1v) is 11.4. The molecule has 37 heavy (non-hydrogen) atoms. The molecule has 1 aromatic heterocycles. The van der Waals surface area contributed by atoms with Gasteiger partial charge in [0, 0.05) is 19.2 Å². The number of carbonyl (C=O) groups is 3. The molecule has 4 atom stereocenters. The van der Waals surface area contributed by atoms with Crippen molar-refractivity contribution in [1.82, 2.24) is 14.9 Å². The number of phenols is 1. The van der Waals surface area contributed by atoms with Crippen molar-refractivity contribution in [3.8, 4) is 5.75 Å². The van der Waals surface area contributed by atoms with Crippen LogP contribution in [0.2, 0.25) is 0 Å². The first-order valence-electron chi connectivity index (χ1n) is 11.4. The Balaban J connectivity index is 1.36. The number of nitrogens with zero attached hydrogens (tertiary/aromatic N) is 2. The number of benzene rings is 1. The van der Waals surface area contributed by atoms with E-state index in [1.807, 2.05) is 0 Å². The average Bonchev–Trinajstić information content (AvgIpc) is 3.16. The van der Waals surface area contributed by atoms with Gasteiger partial charge in [-0.3, -0.25) is 19.0 Å². The Morgan fingerprint density at radius 3 is 2.54 bits per heavy atom. The van der Waals surface area contributed by atoms with Gasteiger partial charge in [-0.2, -0.15) is 4.98 Å². The maximum atomic E-state index is 12.3. The third-order valence-electron chi connectivity index (χ3n) is 5.46. The summed E-state index contributed by atoms with van der Waals surface area (Å²) in [4.78, 5) is 51.9. The van der Waals surface area contributed by atoms with Crippen LogP contribution in [0.3, 0.4) is 0 Å². The summed E-state index contributed by atoms with van der Waals surface area (Å²) < 4.78 is 11.2. The molecule has 0 saturated carbocycles. The Kier molecular flexibility index (Phi) is 9.68. The van der Waals surface area contributed by atoms with Gasteiger partial charge in [0.2, 0.25) is 5.91 Å². The zero-order valence-electron chi connectivity index (χ0n) is 19.6. The molecular formula is C23H28N4O10. The van der Waals surface area contributed by atoms with E-state index in [2.05, 4.69) is 15.6 Å². The molecule has 0 aliphatic carbocycles. The van der Waals surface area contributed by atoms with Gasteiger partial charge in [0.25, 0.3) is 5.91 Å². The lowest BCUT2D eigenvalue weighted by atomic mass is 10.1. The molecule has 2 heterocycles. The van der Waals surface area contributed by atoms with E-state index in [4.69, 9.17) is 14.6 Å². The quantitative estimate of drug-likeness (QED) is 0.151. The number of para-hydroxylation sites is 1. The van der Waals surface area contributed by atoms with Crippen molar-refractivity contribution in [3.05, 3.63) is 52.6 Å². The van der Waals surface area contributed by atoms with E-state index in [-0.39, 0.29) is 43.1 Å². The van der Waals surface area contributed by atoms with E-state index >= 15 is 0 Å². The molecule has 1 fully saturated rings. The molecule has 3 rings (SSSR count).